The Morgan fingerprint density at radius 1 is 1.11 bits per heavy atom. The standard InChI is InChI=1S/C36H46FN7O8S/c1-9-41(8)53(48,49)40-29-13-11-27(37)30(26(29)20-38)44(33(47)52-35(5,6)7)23-10-12-28-25(18-23)31(45)43(22-39-28)24-19-36(50-21-24)14-16-42(17-15-36)32(46)51-34(2,3)4/h10-13,18,22,24,40H,9,14-17,19,21H2,1-8H3/t24-/m1/s1. The van der Waals surface area contributed by atoms with Crippen LogP contribution in [0.5, 0.6) is 0 Å². The third-order valence-electron chi connectivity index (χ3n) is 9.07. The molecule has 0 aliphatic carbocycles. The van der Waals surface area contributed by atoms with Gasteiger partial charge in [-0.05, 0) is 91.1 Å². The van der Waals surface area contributed by atoms with Crippen LogP contribution in [0, 0.1) is 17.1 Å². The van der Waals surface area contributed by atoms with Gasteiger partial charge in [-0.2, -0.15) is 18.0 Å². The van der Waals surface area contributed by atoms with Gasteiger partial charge in [-0.15, -0.1) is 0 Å². The second-order valence-electron chi connectivity index (χ2n) is 15.2. The van der Waals surface area contributed by atoms with E-state index >= 15 is 4.39 Å². The first-order valence-corrected chi connectivity index (χ1v) is 18.7. The topological polar surface area (TPSA) is 176 Å². The highest BCUT2D eigenvalue weighted by molar-refractivity contribution is 7.90. The highest BCUT2D eigenvalue weighted by atomic mass is 32.2. The first-order chi connectivity index (χ1) is 24.7. The van der Waals surface area contributed by atoms with E-state index in [9.17, 15) is 28.1 Å². The van der Waals surface area contributed by atoms with Gasteiger partial charge >= 0.3 is 22.4 Å². The number of ether oxygens (including phenoxy) is 3. The molecule has 1 spiro atoms. The van der Waals surface area contributed by atoms with Crippen molar-refractivity contribution >= 4 is 50.4 Å². The van der Waals surface area contributed by atoms with E-state index in [-0.39, 0.29) is 42.0 Å². The number of hydrogen-bond acceptors (Lipinski definition) is 10. The maximum absolute atomic E-state index is 15.9. The Balaban J connectivity index is 1.52. The monoisotopic (exact) mass is 755 g/mol. The molecule has 5 rings (SSSR count). The van der Waals surface area contributed by atoms with Crippen molar-refractivity contribution in [1.82, 2.24) is 18.8 Å². The molecule has 0 radical (unpaired) electrons. The van der Waals surface area contributed by atoms with Gasteiger partial charge in [-0.3, -0.25) is 14.1 Å². The highest BCUT2D eigenvalue weighted by Crippen LogP contribution is 2.41. The molecule has 1 N–H and O–H groups in total. The second-order valence-corrected chi connectivity index (χ2v) is 17.0. The maximum atomic E-state index is 15.9. The van der Waals surface area contributed by atoms with Gasteiger partial charge in [-0.25, -0.2) is 23.9 Å². The number of nitrogens with zero attached hydrogens (tertiary/aromatic N) is 6. The number of rotatable bonds is 7. The van der Waals surface area contributed by atoms with Crippen molar-refractivity contribution in [2.24, 2.45) is 0 Å². The first-order valence-electron chi connectivity index (χ1n) is 17.3. The predicted octanol–water partition coefficient (Wildman–Crippen LogP) is 5.82. The Morgan fingerprint density at radius 3 is 2.38 bits per heavy atom. The molecule has 53 heavy (non-hydrogen) atoms. The third-order valence-corrected chi connectivity index (χ3v) is 10.6. The van der Waals surface area contributed by atoms with E-state index < -0.39 is 55.7 Å². The van der Waals surface area contributed by atoms with E-state index in [4.69, 9.17) is 14.2 Å². The van der Waals surface area contributed by atoms with E-state index in [2.05, 4.69) is 9.71 Å². The van der Waals surface area contributed by atoms with Gasteiger partial charge in [0.15, 0.2) is 0 Å². The van der Waals surface area contributed by atoms with Gasteiger partial charge in [0.2, 0.25) is 0 Å². The fraction of sp³-hybridized carbons (Fsp3) is 0.528. The number of likely N-dealkylation sites (tertiary alicyclic amines) is 1. The molecule has 2 saturated heterocycles. The van der Waals surface area contributed by atoms with Crippen molar-refractivity contribution in [2.45, 2.75) is 90.6 Å². The summed E-state index contributed by atoms with van der Waals surface area (Å²) in [6.07, 6.45) is 1.60. The molecule has 1 atom stereocenters. The Kier molecular flexibility index (Phi) is 10.8. The molecule has 2 aliphatic rings. The molecular weight excluding hydrogens is 710 g/mol. The molecule has 3 heterocycles. The van der Waals surface area contributed by atoms with Crippen LogP contribution in [0.1, 0.15) is 79.3 Å². The van der Waals surface area contributed by atoms with Crippen molar-refractivity contribution in [3.8, 4) is 6.07 Å². The molecular formula is C36H46FN7O8S. The summed E-state index contributed by atoms with van der Waals surface area (Å²) in [5.74, 6) is -1.02. The number of halogens is 1. The van der Waals surface area contributed by atoms with Crippen LogP contribution in [0.25, 0.3) is 10.9 Å². The molecule has 3 aromatic rings. The number of hydrogen-bond donors (Lipinski definition) is 1. The lowest BCUT2D eigenvalue weighted by molar-refractivity contribution is -0.0486. The molecule has 286 valence electrons. The number of carbonyl (C=O) groups is 2. The Hall–Kier alpha value is -4.79. The molecule has 1 aromatic heterocycles. The third kappa shape index (κ3) is 8.55. The zero-order valence-corrected chi connectivity index (χ0v) is 32.0. The number of benzene rings is 2. The van der Waals surface area contributed by atoms with E-state index in [0.717, 1.165) is 21.3 Å². The van der Waals surface area contributed by atoms with Crippen molar-refractivity contribution in [3.05, 3.63) is 58.4 Å². The van der Waals surface area contributed by atoms with Crippen LogP contribution in [0.3, 0.4) is 0 Å². The number of amides is 2. The van der Waals surface area contributed by atoms with E-state index in [1.165, 1.54) is 36.1 Å². The number of nitriles is 1. The molecule has 0 unspecified atom stereocenters. The number of carbonyl (C=O) groups excluding carboxylic acids is 2. The second kappa shape index (κ2) is 14.6. The van der Waals surface area contributed by atoms with Crippen LogP contribution in [-0.4, -0.2) is 89.5 Å². The Morgan fingerprint density at radius 2 is 1.77 bits per heavy atom. The SMILES string of the molecule is CCN(C)S(=O)(=O)Nc1ccc(F)c(N(C(=O)OC(C)(C)C)c2ccc3ncn([C@H]4COC5(CCN(C(=O)OC(C)(C)C)CC5)C4)c(=O)c3c2)c1C#N. The van der Waals surface area contributed by atoms with Crippen molar-refractivity contribution < 1.29 is 36.6 Å². The zero-order valence-electron chi connectivity index (χ0n) is 31.2. The maximum Gasteiger partial charge on any atom is 0.419 e. The summed E-state index contributed by atoms with van der Waals surface area (Å²) in [7, 11) is -2.82. The van der Waals surface area contributed by atoms with Crippen LogP contribution in [0.4, 0.5) is 31.0 Å². The van der Waals surface area contributed by atoms with Gasteiger partial charge < -0.3 is 19.1 Å². The largest absolute Gasteiger partial charge is 0.444 e. The number of piperidine rings is 1. The van der Waals surface area contributed by atoms with Crippen LogP contribution in [0.15, 0.2) is 41.5 Å². The van der Waals surface area contributed by atoms with E-state index in [1.54, 1.807) is 32.6 Å². The molecule has 2 aliphatic heterocycles. The lowest BCUT2D eigenvalue weighted by Gasteiger charge is -2.39. The fourth-order valence-electron chi connectivity index (χ4n) is 6.30. The van der Waals surface area contributed by atoms with Gasteiger partial charge in [0.05, 0.1) is 46.9 Å². The molecule has 2 amide bonds. The van der Waals surface area contributed by atoms with Crippen LogP contribution in [0.2, 0.25) is 0 Å². The zero-order chi connectivity index (χ0) is 39.1. The Bertz CT molecular complexity index is 2110. The molecule has 2 aromatic carbocycles. The van der Waals surface area contributed by atoms with Crippen molar-refractivity contribution in [1.29, 1.82) is 5.26 Å². The van der Waals surface area contributed by atoms with Gasteiger partial charge in [0, 0.05) is 26.7 Å². The van der Waals surface area contributed by atoms with Gasteiger partial charge in [-0.1, -0.05) is 6.92 Å². The van der Waals surface area contributed by atoms with Gasteiger partial charge in [0.1, 0.15) is 34.3 Å². The van der Waals surface area contributed by atoms with Crippen molar-refractivity contribution in [3.63, 3.8) is 0 Å². The minimum absolute atomic E-state index is 0.0295. The lowest BCUT2D eigenvalue weighted by Crippen LogP contribution is -2.48. The highest BCUT2D eigenvalue weighted by Gasteiger charge is 2.45. The van der Waals surface area contributed by atoms with Crippen LogP contribution < -0.4 is 15.2 Å². The molecule has 15 nitrogen and oxygen atoms in total. The smallest absolute Gasteiger partial charge is 0.419 e. The summed E-state index contributed by atoms with van der Waals surface area (Å²) in [6.45, 7) is 13.1. The average Bonchev–Trinajstić information content (AvgIpc) is 3.47. The molecule has 17 heteroatoms. The van der Waals surface area contributed by atoms with Crippen LogP contribution >= 0.6 is 0 Å². The quantitative estimate of drug-likeness (QED) is 0.309. The van der Waals surface area contributed by atoms with Crippen LogP contribution in [-0.2, 0) is 24.4 Å². The summed E-state index contributed by atoms with van der Waals surface area (Å²) >= 11 is 0. The number of fused-ring (bicyclic) bond motifs is 1. The molecule has 2 fully saturated rings. The first kappa shape index (κ1) is 39.4. The molecule has 0 saturated carbocycles. The van der Waals surface area contributed by atoms with E-state index in [1.807, 2.05) is 26.8 Å². The fourth-order valence-corrected chi connectivity index (χ4v) is 7.24. The minimum atomic E-state index is -4.15. The van der Waals surface area contributed by atoms with Gasteiger partial charge in [0.25, 0.3) is 5.56 Å². The summed E-state index contributed by atoms with van der Waals surface area (Å²) in [5.41, 5.74) is -3.73. The summed E-state index contributed by atoms with van der Waals surface area (Å²) < 4.78 is 63.9. The summed E-state index contributed by atoms with van der Waals surface area (Å²) in [4.78, 5) is 47.6. The Labute approximate surface area is 308 Å². The number of aromatic nitrogens is 2. The van der Waals surface area contributed by atoms with E-state index in [0.29, 0.717) is 37.9 Å². The minimum Gasteiger partial charge on any atom is -0.444 e. The summed E-state index contributed by atoms with van der Waals surface area (Å²) in [6, 6.07) is 7.75. The molecule has 0 bridgehead atoms. The number of anilines is 3. The normalized spacial score (nSPS) is 17.5. The predicted molar refractivity (Wildman–Crippen MR) is 196 cm³/mol. The average molecular weight is 756 g/mol. The lowest BCUT2D eigenvalue weighted by atomic mass is 9.87. The van der Waals surface area contributed by atoms with Crippen molar-refractivity contribution in [2.75, 3.05) is 42.9 Å². The number of nitrogens with one attached hydrogen (secondary N) is 1. The summed E-state index contributed by atoms with van der Waals surface area (Å²) in [5, 5.41) is 10.3.